The summed E-state index contributed by atoms with van der Waals surface area (Å²) in [6.07, 6.45) is 6.23. The second-order valence-corrected chi connectivity index (χ2v) is 10.7. The van der Waals surface area contributed by atoms with Gasteiger partial charge in [-0.3, -0.25) is 0 Å². The summed E-state index contributed by atoms with van der Waals surface area (Å²) in [6, 6.07) is 18.0. The van der Waals surface area contributed by atoms with Crippen LogP contribution in [0.4, 0.5) is 5.13 Å². The maximum absolute atomic E-state index is 4.90. The lowest BCUT2D eigenvalue weighted by Crippen LogP contribution is -3.15. The number of quaternary nitrogens is 1. The zero-order valence-electron chi connectivity index (χ0n) is 19.7. The number of hydrogen-bond acceptors (Lipinski definition) is 6. The second-order valence-electron chi connectivity index (χ2n) is 9.73. The highest BCUT2D eigenvalue weighted by Gasteiger charge is 2.36. The van der Waals surface area contributed by atoms with Gasteiger partial charge in [0, 0.05) is 5.56 Å². The lowest BCUT2D eigenvalue weighted by Gasteiger charge is -2.36. The molecule has 1 atom stereocenters. The highest BCUT2D eigenvalue weighted by molar-refractivity contribution is 7.22. The molecule has 1 aliphatic carbocycles. The van der Waals surface area contributed by atoms with Gasteiger partial charge in [0.25, 0.3) is 0 Å². The molecule has 1 saturated carbocycles. The number of fused-ring (bicyclic) bond motifs is 1. The largest absolute Gasteiger partial charge is 0.337 e. The number of benzene rings is 2. The number of aromatic nitrogens is 5. The van der Waals surface area contributed by atoms with Gasteiger partial charge < -0.3 is 9.80 Å². The number of aryl methyl sites for hydroxylation is 1. The van der Waals surface area contributed by atoms with Crippen molar-refractivity contribution in [2.75, 3.05) is 31.1 Å². The summed E-state index contributed by atoms with van der Waals surface area (Å²) in [5.41, 5.74) is 3.69. The van der Waals surface area contributed by atoms with E-state index in [1.807, 2.05) is 0 Å². The third kappa shape index (κ3) is 4.20. The Balaban J connectivity index is 1.27. The van der Waals surface area contributed by atoms with Gasteiger partial charge in [-0.2, -0.15) is 0 Å². The summed E-state index contributed by atoms with van der Waals surface area (Å²) >= 11 is 1.80. The quantitative estimate of drug-likeness (QED) is 0.479. The number of thiazole rings is 1. The third-order valence-corrected chi connectivity index (χ3v) is 8.57. The summed E-state index contributed by atoms with van der Waals surface area (Å²) < 4.78 is 3.42. The van der Waals surface area contributed by atoms with Crippen molar-refractivity contribution in [3.63, 3.8) is 0 Å². The number of hydrogen-bond donors (Lipinski definition) is 1. The van der Waals surface area contributed by atoms with Crippen molar-refractivity contribution in [1.82, 2.24) is 25.2 Å². The van der Waals surface area contributed by atoms with Crippen molar-refractivity contribution in [2.24, 2.45) is 0 Å². The van der Waals surface area contributed by atoms with Crippen molar-refractivity contribution >= 4 is 26.7 Å². The Bertz CT molecular complexity index is 1200. The Labute approximate surface area is 204 Å². The SMILES string of the molecule is Cc1ccc([C@@H](c2nnnn2C2CCCCC2)[NH+]2CCN(c3nc4ccccc4s3)CC2)cc1. The maximum atomic E-state index is 4.90. The lowest BCUT2D eigenvalue weighted by molar-refractivity contribution is -0.927. The van der Waals surface area contributed by atoms with Crippen LogP contribution in [0.25, 0.3) is 10.2 Å². The van der Waals surface area contributed by atoms with E-state index in [1.165, 1.54) is 52.8 Å². The predicted molar refractivity (Wildman–Crippen MR) is 135 cm³/mol. The summed E-state index contributed by atoms with van der Waals surface area (Å²) in [5, 5.41) is 14.4. The van der Waals surface area contributed by atoms with Crippen LogP contribution in [-0.2, 0) is 0 Å². The van der Waals surface area contributed by atoms with Crippen molar-refractivity contribution in [2.45, 2.75) is 51.1 Å². The van der Waals surface area contributed by atoms with Crippen LogP contribution in [-0.4, -0.2) is 51.4 Å². The van der Waals surface area contributed by atoms with Crippen LogP contribution in [0.1, 0.15) is 61.1 Å². The molecule has 6 rings (SSSR count). The molecule has 2 fully saturated rings. The maximum Gasteiger partial charge on any atom is 0.214 e. The molecule has 34 heavy (non-hydrogen) atoms. The number of para-hydroxylation sites is 1. The monoisotopic (exact) mass is 474 g/mol. The minimum Gasteiger partial charge on any atom is -0.337 e. The zero-order valence-corrected chi connectivity index (χ0v) is 20.5. The van der Waals surface area contributed by atoms with E-state index in [-0.39, 0.29) is 6.04 Å². The fourth-order valence-electron chi connectivity index (χ4n) is 5.57. The molecule has 0 spiro atoms. The van der Waals surface area contributed by atoms with E-state index in [2.05, 4.69) is 80.6 Å². The van der Waals surface area contributed by atoms with Gasteiger partial charge in [-0.25, -0.2) is 9.67 Å². The summed E-state index contributed by atoms with van der Waals surface area (Å²) in [5.74, 6) is 1.03. The molecule has 0 unspecified atom stereocenters. The van der Waals surface area contributed by atoms with Gasteiger partial charge in [0.15, 0.2) is 11.2 Å². The first-order valence-corrected chi connectivity index (χ1v) is 13.4. The number of anilines is 1. The number of tetrazole rings is 1. The first-order valence-electron chi connectivity index (χ1n) is 12.6. The summed E-state index contributed by atoms with van der Waals surface area (Å²) in [7, 11) is 0. The molecular weight excluding hydrogens is 442 g/mol. The molecule has 2 aromatic carbocycles. The predicted octanol–water partition coefficient (Wildman–Crippen LogP) is 3.59. The molecule has 1 saturated heterocycles. The van der Waals surface area contributed by atoms with Gasteiger partial charge in [-0.1, -0.05) is 72.6 Å². The third-order valence-electron chi connectivity index (χ3n) is 7.47. The van der Waals surface area contributed by atoms with Crippen LogP contribution in [0.5, 0.6) is 0 Å². The van der Waals surface area contributed by atoms with Gasteiger partial charge in [-0.05, 0) is 42.3 Å². The topological polar surface area (TPSA) is 64.2 Å². The fourth-order valence-corrected chi connectivity index (χ4v) is 6.59. The fraction of sp³-hybridized carbons (Fsp3) is 0.462. The van der Waals surface area contributed by atoms with E-state index in [9.17, 15) is 0 Å². The minimum absolute atomic E-state index is 0.148. The van der Waals surface area contributed by atoms with Gasteiger partial charge in [0.2, 0.25) is 5.82 Å². The Hall–Kier alpha value is -2.84. The van der Waals surface area contributed by atoms with E-state index in [0.29, 0.717) is 6.04 Å². The summed E-state index contributed by atoms with van der Waals surface area (Å²) in [4.78, 5) is 8.88. The molecule has 4 aromatic rings. The zero-order chi connectivity index (χ0) is 22.9. The van der Waals surface area contributed by atoms with Crippen LogP contribution in [0.2, 0.25) is 0 Å². The van der Waals surface area contributed by atoms with E-state index in [1.54, 1.807) is 11.3 Å². The van der Waals surface area contributed by atoms with Gasteiger partial charge in [0.1, 0.15) is 0 Å². The molecule has 8 heteroatoms. The Morgan fingerprint density at radius 1 is 0.971 bits per heavy atom. The van der Waals surface area contributed by atoms with Gasteiger partial charge >= 0.3 is 0 Å². The molecule has 1 aliphatic heterocycles. The lowest BCUT2D eigenvalue weighted by atomic mass is 9.95. The first-order chi connectivity index (χ1) is 16.8. The van der Waals surface area contributed by atoms with Crippen LogP contribution in [0.15, 0.2) is 48.5 Å². The molecule has 7 nitrogen and oxygen atoms in total. The summed E-state index contributed by atoms with van der Waals surface area (Å²) in [6.45, 7) is 6.19. The Morgan fingerprint density at radius 2 is 1.74 bits per heavy atom. The number of nitrogens with zero attached hydrogens (tertiary/aromatic N) is 6. The van der Waals surface area contributed by atoms with Crippen LogP contribution >= 0.6 is 11.3 Å². The molecule has 176 valence electrons. The van der Waals surface area contributed by atoms with Gasteiger partial charge in [0.05, 0.1) is 42.4 Å². The molecule has 2 aromatic heterocycles. The van der Waals surface area contributed by atoms with E-state index in [4.69, 9.17) is 4.98 Å². The molecule has 2 aliphatic rings. The van der Waals surface area contributed by atoms with Crippen molar-refractivity contribution < 1.29 is 4.90 Å². The van der Waals surface area contributed by atoms with Gasteiger partial charge in [-0.15, -0.1) is 5.10 Å². The Morgan fingerprint density at radius 3 is 2.50 bits per heavy atom. The smallest absolute Gasteiger partial charge is 0.214 e. The highest BCUT2D eigenvalue weighted by atomic mass is 32.1. The number of nitrogens with one attached hydrogen (secondary N) is 1. The average molecular weight is 475 g/mol. The average Bonchev–Trinajstić information content (AvgIpc) is 3.54. The molecular formula is C26H32N7S+. The molecule has 1 N–H and O–H groups in total. The van der Waals surface area contributed by atoms with Crippen LogP contribution in [0.3, 0.4) is 0 Å². The molecule has 0 amide bonds. The normalized spacial score (nSPS) is 19.0. The van der Waals surface area contributed by atoms with E-state index >= 15 is 0 Å². The highest BCUT2D eigenvalue weighted by Crippen LogP contribution is 2.31. The second kappa shape index (κ2) is 9.43. The number of piperazine rings is 1. The minimum atomic E-state index is 0.148. The van der Waals surface area contributed by atoms with Crippen LogP contribution < -0.4 is 9.80 Å². The first kappa shape index (κ1) is 21.7. The molecule has 0 bridgehead atoms. The standard InChI is InChI=1S/C26H31N7S/c1-19-11-13-20(14-12-19)24(25-28-29-30-33(25)21-7-3-2-4-8-21)31-15-17-32(18-16-31)26-27-22-9-5-6-10-23(22)34-26/h5-6,9-14,21,24H,2-4,7-8,15-18H2,1H3/p+1/t24-/m0/s1. The van der Waals surface area contributed by atoms with Crippen molar-refractivity contribution in [1.29, 1.82) is 0 Å². The van der Waals surface area contributed by atoms with Crippen molar-refractivity contribution in [3.05, 3.63) is 65.5 Å². The molecule has 0 radical (unpaired) electrons. The van der Waals surface area contributed by atoms with E-state index < -0.39 is 0 Å². The van der Waals surface area contributed by atoms with Crippen molar-refractivity contribution in [3.8, 4) is 0 Å². The van der Waals surface area contributed by atoms with E-state index in [0.717, 1.165) is 42.7 Å². The Kier molecular flexibility index (Phi) is 6.01. The molecule has 3 heterocycles. The number of rotatable bonds is 5. The van der Waals surface area contributed by atoms with Crippen LogP contribution in [0, 0.1) is 6.92 Å².